The quantitative estimate of drug-likeness (QED) is 0.234. The molecule has 2 rings (SSSR count). The van der Waals surface area contributed by atoms with Crippen molar-refractivity contribution in [3.8, 4) is 11.8 Å². The molecule has 0 aromatic heterocycles. The molecule has 0 bridgehead atoms. The predicted molar refractivity (Wildman–Crippen MR) is 106 cm³/mol. The van der Waals surface area contributed by atoms with Gasteiger partial charge in [0, 0.05) is 6.26 Å². The summed E-state index contributed by atoms with van der Waals surface area (Å²) in [5.74, 6) is 3.64. The number of nitro benzene ring substituents is 1. The van der Waals surface area contributed by atoms with E-state index in [2.05, 4.69) is 4.99 Å². The lowest BCUT2D eigenvalue weighted by Gasteiger charge is -2.29. The van der Waals surface area contributed by atoms with Crippen LogP contribution in [-0.2, 0) is 19.4 Å². The first kappa shape index (κ1) is 24.2. The molecule has 32 heavy (non-hydrogen) atoms. The Morgan fingerprint density at radius 1 is 1.34 bits per heavy atom. The third-order valence-corrected chi connectivity index (χ3v) is 5.00. The minimum absolute atomic E-state index is 0.0413. The number of esters is 1. The molecule has 1 heterocycles. The van der Waals surface area contributed by atoms with Crippen molar-refractivity contribution in [2.75, 3.05) is 12.9 Å². The summed E-state index contributed by atoms with van der Waals surface area (Å²) in [6, 6.07) is 4.54. The topological polar surface area (TPSA) is 221 Å². The molecule has 1 atom stereocenters. The Balaban J connectivity index is 2.66. The van der Waals surface area contributed by atoms with Gasteiger partial charge >= 0.3 is 11.7 Å². The van der Waals surface area contributed by atoms with Gasteiger partial charge in [-0.1, -0.05) is 0 Å². The fourth-order valence-corrected chi connectivity index (χ4v) is 3.43. The summed E-state index contributed by atoms with van der Waals surface area (Å²) >= 11 is 0. The van der Waals surface area contributed by atoms with Gasteiger partial charge in [-0.3, -0.25) is 25.0 Å². The molecule has 0 fully saturated rings. The highest BCUT2D eigenvalue weighted by molar-refractivity contribution is 7.91. The van der Waals surface area contributed by atoms with Crippen molar-refractivity contribution in [3.05, 3.63) is 55.6 Å². The second kappa shape index (κ2) is 9.36. The number of rotatable bonds is 8. The number of nitrogens with zero attached hydrogens (tertiary/aromatic N) is 5. The zero-order chi connectivity index (χ0) is 24.2. The molecule has 0 saturated heterocycles. The van der Waals surface area contributed by atoms with E-state index < -0.39 is 60.6 Å². The summed E-state index contributed by atoms with van der Waals surface area (Å²) in [5, 5.41) is 32.2. The molecule has 0 spiro atoms. The zero-order valence-electron chi connectivity index (χ0n) is 16.6. The highest BCUT2D eigenvalue weighted by Crippen LogP contribution is 2.30. The first-order valence-electron chi connectivity index (χ1n) is 8.61. The van der Waals surface area contributed by atoms with Crippen LogP contribution in [-0.4, -0.2) is 53.3 Å². The second-order valence-corrected chi connectivity index (χ2v) is 8.26. The molecule has 170 valence electrons. The zero-order valence-corrected chi connectivity index (χ0v) is 17.4. The highest BCUT2D eigenvalue weighted by Gasteiger charge is 2.43. The summed E-state index contributed by atoms with van der Waals surface area (Å²) in [5.41, 5.74) is -4.37. The maximum atomic E-state index is 12.1. The number of hydrogen-bond acceptors (Lipinski definition) is 13. The number of nitro groups is 2. The average Bonchev–Trinajstić information content (AvgIpc) is 2.69. The summed E-state index contributed by atoms with van der Waals surface area (Å²) < 4.78 is 34.4. The van der Waals surface area contributed by atoms with Crippen LogP contribution in [0.5, 0.6) is 5.75 Å². The van der Waals surface area contributed by atoms with E-state index in [0.29, 0.717) is 5.01 Å². The van der Waals surface area contributed by atoms with Gasteiger partial charge in [0.2, 0.25) is 5.50 Å². The number of benzene rings is 1. The van der Waals surface area contributed by atoms with E-state index in [1.54, 1.807) is 6.07 Å². The number of carbonyl (C=O) groups is 1. The number of ether oxygens (including phenoxy) is 2. The molecule has 1 aromatic rings. The van der Waals surface area contributed by atoms with Gasteiger partial charge in [-0.05, 0) is 19.1 Å². The number of allylic oxidation sites excluding steroid dienone is 1. The van der Waals surface area contributed by atoms with E-state index in [9.17, 15) is 33.4 Å². The maximum Gasteiger partial charge on any atom is 0.352 e. The predicted octanol–water partition coefficient (Wildman–Crippen LogP) is 0.203. The molecule has 1 aliphatic rings. The van der Waals surface area contributed by atoms with Crippen LogP contribution in [0.1, 0.15) is 18.9 Å². The smallest absolute Gasteiger partial charge is 0.352 e. The summed E-state index contributed by atoms with van der Waals surface area (Å²) in [4.78, 5) is 36.6. The van der Waals surface area contributed by atoms with Gasteiger partial charge in [0.15, 0.2) is 9.84 Å². The van der Waals surface area contributed by atoms with Crippen LogP contribution < -0.4 is 10.6 Å². The lowest BCUT2D eigenvalue weighted by molar-refractivity contribution is -0.419. The number of nitriles is 1. The van der Waals surface area contributed by atoms with Crippen LogP contribution in [0.2, 0.25) is 0 Å². The lowest BCUT2D eigenvalue weighted by atomic mass is 10.1. The molecule has 16 heteroatoms. The van der Waals surface area contributed by atoms with E-state index in [1.165, 1.54) is 6.92 Å². The summed E-state index contributed by atoms with van der Waals surface area (Å²) in [6.07, 6.45) is -0.00523. The molecule has 1 aliphatic heterocycles. The Morgan fingerprint density at radius 2 is 2.00 bits per heavy atom. The number of hydrogen-bond donors (Lipinski definition) is 1. The van der Waals surface area contributed by atoms with E-state index in [0.717, 1.165) is 24.5 Å². The molecule has 0 aliphatic carbocycles. The number of carbonyl (C=O) groups excluding carboxylic acids is 1. The molecule has 0 saturated carbocycles. The first-order chi connectivity index (χ1) is 14.9. The lowest BCUT2D eigenvalue weighted by Crippen LogP contribution is -2.50. The Kier molecular flexibility index (Phi) is 7.07. The van der Waals surface area contributed by atoms with Crippen LogP contribution in [0.3, 0.4) is 0 Å². The van der Waals surface area contributed by atoms with Gasteiger partial charge in [0.05, 0.1) is 28.9 Å². The van der Waals surface area contributed by atoms with Gasteiger partial charge in [-0.25, -0.2) is 24.3 Å². The van der Waals surface area contributed by atoms with Gasteiger partial charge in [0.1, 0.15) is 23.1 Å². The third-order valence-electron chi connectivity index (χ3n) is 3.90. The SMILES string of the molecule is CCOC(=O)CC1=NC(S(C)(=O)=O)N(N)C(Oc2ccc(C#N)c([N+](=O)[O-])c2)=C1[N+](=O)[O-]. The monoisotopic (exact) mass is 468 g/mol. The Hall–Kier alpha value is -4.10. The minimum atomic E-state index is -4.09. The minimum Gasteiger partial charge on any atom is -0.466 e. The molecule has 1 unspecified atom stereocenters. The van der Waals surface area contributed by atoms with Crippen LogP contribution in [0.4, 0.5) is 5.69 Å². The molecule has 0 radical (unpaired) electrons. The number of aliphatic imine (C=N–C) groups is 1. The van der Waals surface area contributed by atoms with E-state index >= 15 is 0 Å². The largest absolute Gasteiger partial charge is 0.466 e. The molecule has 1 aromatic carbocycles. The Bertz CT molecular complexity index is 1180. The summed E-state index contributed by atoms with van der Waals surface area (Å²) in [7, 11) is -4.09. The van der Waals surface area contributed by atoms with Crippen molar-refractivity contribution in [3.63, 3.8) is 0 Å². The van der Waals surface area contributed by atoms with Gasteiger partial charge in [0.25, 0.3) is 11.6 Å². The van der Waals surface area contributed by atoms with E-state index in [-0.39, 0.29) is 17.9 Å². The molecular formula is C16H16N6O9S. The molecule has 0 amide bonds. The molecule has 15 nitrogen and oxygen atoms in total. The van der Waals surface area contributed by atoms with Crippen molar-refractivity contribution in [2.24, 2.45) is 10.8 Å². The van der Waals surface area contributed by atoms with Crippen molar-refractivity contribution in [2.45, 2.75) is 18.8 Å². The van der Waals surface area contributed by atoms with E-state index in [4.69, 9.17) is 20.6 Å². The fraction of sp³-hybridized carbons (Fsp3) is 0.312. The van der Waals surface area contributed by atoms with Crippen molar-refractivity contribution >= 4 is 27.2 Å². The standard InChI is InChI=1S/C16H16N6O9S/c1-3-30-13(23)7-11-14(22(26)27)15(20(18)16(19-11)32(2,28)29)31-10-5-4-9(8-17)12(6-10)21(24)25/h4-6,16H,3,7,18H2,1-2H3. The van der Waals surface area contributed by atoms with Gasteiger partial charge in [-0.15, -0.1) is 0 Å². The van der Waals surface area contributed by atoms with Crippen molar-refractivity contribution in [1.82, 2.24) is 5.01 Å². The van der Waals surface area contributed by atoms with Gasteiger partial charge in [-0.2, -0.15) is 5.26 Å². The number of hydrazine groups is 1. The van der Waals surface area contributed by atoms with Crippen LogP contribution in [0, 0.1) is 31.6 Å². The van der Waals surface area contributed by atoms with Crippen molar-refractivity contribution in [1.29, 1.82) is 5.26 Å². The van der Waals surface area contributed by atoms with Crippen LogP contribution in [0.15, 0.2) is 34.8 Å². The first-order valence-corrected chi connectivity index (χ1v) is 10.6. The maximum absolute atomic E-state index is 12.1. The third kappa shape index (κ3) is 5.14. The summed E-state index contributed by atoms with van der Waals surface area (Å²) in [6.45, 7) is 1.46. The van der Waals surface area contributed by atoms with Crippen LogP contribution in [0.25, 0.3) is 0 Å². The van der Waals surface area contributed by atoms with Crippen molar-refractivity contribution < 1.29 is 32.5 Å². The average molecular weight is 468 g/mol. The fourth-order valence-electron chi connectivity index (χ4n) is 2.60. The Labute approximate surface area is 180 Å². The van der Waals surface area contributed by atoms with Crippen LogP contribution >= 0.6 is 0 Å². The number of nitrogens with two attached hydrogens (primary N) is 1. The Morgan fingerprint density at radius 3 is 2.50 bits per heavy atom. The second-order valence-electron chi connectivity index (χ2n) is 6.18. The highest BCUT2D eigenvalue weighted by atomic mass is 32.2. The molecule has 2 N–H and O–H groups in total. The van der Waals surface area contributed by atoms with E-state index in [1.807, 2.05) is 0 Å². The normalized spacial score (nSPS) is 16.1. The van der Waals surface area contributed by atoms with Gasteiger partial charge < -0.3 is 9.47 Å². The molecular weight excluding hydrogens is 452 g/mol. The number of sulfone groups is 1.